The number of likely N-dealkylation sites (tertiary alicyclic amines) is 1. The maximum absolute atomic E-state index is 11.3. The van der Waals surface area contributed by atoms with E-state index in [1.54, 1.807) is 6.20 Å². The molecule has 3 aromatic heterocycles. The molecule has 1 saturated heterocycles. The minimum atomic E-state index is -4.18. The summed E-state index contributed by atoms with van der Waals surface area (Å²) in [5.74, 6) is 0.481. The Morgan fingerprint density at radius 3 is 2.68 bits per heavy atom. The number of fused-ring (bicyclic) bond motifs is 3. The molecule has 1 aliphatic rings. The number of alkyl halides is 3. The van der Waals surface area contributed by atoms with Gasteiger partial charge in [0.15, 0.2) is 11.3 Å². The highest BCUT2D eigenvalue weighted by molar-refractivity contribution is 5.74. The van der Waals surface area contributed by atoms with Crippen LogP contribution in [0.15, 0.2) is 24.7 Å². The van der Waals surface area contributed by atoms with Gasteiger partial charge in [-0.05, 0) is 12.0 Å². The molecule has 0 unspecified atom stereocenters. The van der Waals surface area contributed by atoms with Gasteiger partial charge in [-0.3, -0.25) is 4.40 Å². The van der Waals surface area contributed by atoms with E-state index in [1.807, 2.05) is 18.5 Å². The Kier molecular flexibility index (Phi) is 5.45. The number of amides is 1. The lowest BCUT2D eigenvalue weighted by molar-refractivity contribution is -0.118. The van der Waals surface area contributed by atoms with Gasteiger partial charge in [0, 0.05) is 37.1 Å². The molecule has 11 heteroatoms. The molecule has 152 valence electrons. The molecule has 2 atom stereocenters. The van der Waals surface area contributed by atoms with Crippen molar-refractivity contribution in [3.8, 4) is 0 Å². The van der Waals surface area contributed by atoms with Gasteiger partial charge >= 0.3 is 12.3 Å². The summed E-state index contributed by atoms with van der Waals surface area (Å²) in [6.07, 6.45) is 1.39. The summed E-state index contributed by atoms with van der Waals surface area (Å²) in [4.78, 5) is 24.7. The van der Waals surface area contributed by atoms with Crippen molar-refractivity contribution in [3.63, 3.8) is 0 Å². The third-order valence-corrected chi connectivity index (χ3v) is 4.92. The molecule has 0 bridgehead atoms. The van der Waals surface area contributed by atoms with E-state index in [2.05, 4.69) is 32.0 Å². The Labute approximate surface area is 158 Å². The first kappa shape index (κ1) is 19.9. The third-order valence-electron chi connectivity index (χ3n) is 4.92. The van der Waals surface area contributed by atoms with E-state index in [4.69, 9.17) is 0 Å². The van der Waals surface area contributed by atoms with Crippen molar-refractivity contribution in [1.82, 2.24) is 24.3 Å². The summed E-state index contributed by atoms with van der Waals surface area (Å²) >= 11 is 0. The molecule has 1 amide bonds. The minimum Gasteiger partial charge on any atom is -0.465 e. The molecule has 1 aliphatic heterocycles. The smallest absolute Gasteiger partial charge is 0.407 e. The summed E-state index contributed by atoms with van der Waals surface area (Å²) in [7, 11) is 0. The first-order valence-corrected chi connectivity index (χ1v) is 8.79. The summed E-state index contributed by atoms with van der Waals surface area (Å²) in [6, 6.07) is 1.98. The molecule has 3 aromatic rings. The number of hydrogen-bond acceptors (Lipinski definition) is 4. The molecule has 28 heavy (non-hydrogen) atoms. The number of nitrogens with one attached hydrogen (secondary N) is 1. The second-order valence-electron chi connectivity index (χ2n) is 6.63. The highest BCUT2D eigenvalue weighted by Gasteiger charge is 2.37. The molecule has 0 radical (unpaired) electrons. The molecule has 4 rings (SSSR count). The minimum absolute atomic E-state index is 0.164. The standard InChI is InChI=1S/C15H17N5O2.C2H4F3N/c1-2-9-7-19(15(21)22)8-10(9)12-5-17-13-6-18-14-11(20(12)13)3-4-16-14;3-2(4,5)1-6/h3-6,9-10,16H,2,7-8H2,1H3,(H,21,22);1,6H2/t9-,10+;/m0./s1. The second-order valence-corrected chi connectivity index (χ2v) is 6.63. The largest absolute Gasteiger partial charge is 0.465 e. The van der Waals surface area contributed by atoms with Crippen LogP contribution >= 0.6 is 0 Å². The van der Waals surface area contributed by atoms with Gasteiger partial charge in [0.25, 0.3) is 0 Å². The molecule has 1 fully saturated rings. The van der Waals surface area contributed by atoms with Crippen molar-refractivity contribution in [1.29, 1.82) is 0 Å². The predicted molar refractivity (Wildman–Crippen MR) is 96.1 cm³/mol. The van der Waals surface area contributed by atoms with Gasteiger partial charge in [-0.1, -0.05) is 13.3 Å². The predicted octanol–water partition coefficient (Wildman–Crippen LogP) is 2.82. The molecule has 0 aliphatic carbocycles. The van der Waals surface area contributed by atoms with Crippen LogP contribution in [0.3, 0.4) is 0 Å². The topological polar surface area (TPSA) is 113 Å². The monoisotopic (exact) mass is 398 g/mol. The van der Waals surface area contributed by atoms with Gasteiger partial charge in [-0.25, -0.2) is 14.8 Å². The number of halogens is 3. The zero-order valence-corrected chi connectivity index (χ0v) is 15.1. The van der Waals surface area contributed by atoms with Gasteiger partial charge in [0.1, 0.15) is 0 Å². The van der Waals surface area contributed by atoms with Crippen LogP contribution in [0.25, 0.3) is 16.8 Å². The zero-order chi connectivity index (χ0) is 20.5. The van der Waals surface area contributed by atoms with Crippen LogP contribution in [0.2, 0.25) is 0 Å². The number of carbonyl (C=O) groups is 1. The van der Waals surface area contributed by atoms with Gasteiger partial charge < -0.3 is 20.7 Å². The quantitative estimate of drug-likeness (QED) is 0.614. The van der Waals surface area contributed by atoms with Crippen LogP contribution in [0.1, 0.15) is 25.0 Å². The van der Waals surface area contributed by atoms with Crippen molar-refractivity contribution in [2.75, 3.05) is 19.6 Å². The number of nitrogens with zero attached hydrogens (tertiary/aromatic N) is 4. The summed E-state index contributed by atoms with van der Waals surface area (Å²) in [5, 5.41) is 9.28. The Balaban J connectivity index is 0.000000330. The van der Waals surface area contributed by atoms with Gasteiger partial charge in [-0.15, -0.1) is 0 Å². The fourth-order valence-corrected chi connectivity index (χ4v) is 3.53. The number of nitrogens with two attached hydrogens (primary N) is 1. The second kappa shape index (κ2) is 7.66. The third kappa shape index (κ3) is 3.88. The van der Waals surface area contributed by atoms with Gasteiger partial charge in [-0.2, -0.15) is 13.2 Å². The molecular weight excluding hydrogens is 377 g/mol. The number of aromatic nitrogens is 4. The number of imidazole rings is 1. The zero-order valence-electron chi connectivity index (χ0n) is 15.1. The highest BCUT2D eigenvalue weighted by atomic mass is 19.4. The van der Waals surface area contributed by atoms with E-state index in [0.29, 0.717) is 19.0 Å². The van der Waals surface area contributed by atoms with E-state index < -0.39 is 18.8 Å². The van der Waals surface area contributed by atoms with Crippen LogP contribution in [-0.4, -0.2) is 61.3 Å². The average molecular weight is 398 g/mol. The van der Waals surface area contributed by atoms with Crippen molar-refractivity contribution < 1.29 is 23.1 Å². The molecule has 4 heterocycles. The maximum atomic E-state index is 11.3. The van der Waals surface area contributed by atoms with Gasteiger partial charge in [0.2, 0.25) is 0 Å². The number of aromatic amines is 1. The fourth-order valence-electron chi connectivity index (χ4n) is 3.53. The Hall–Kier alpha value is -2.82. The molecule has 0 spiro atoms. The van der Waals surface area contributed by atoms with Crippen LogP contribution in [0.4, 0.5) is 18.0 Å². The molecule has 0 aromatic carbocycles. The lowest BCUT2D eigenvalue weighted by atomic mass is 9.91. The van der Waals surface area contributed by atoms with Crippen LogP contribution in [-0.2, 0) is 0 Å². The summed E-state index contributed by atoms with van der Waals surface area (Å²) in [6.45, 7) is 1.99. The van der Waals surface area contributed by atoms with Crippen LogP contribution in [0.5, 0.6) is 0 Å². The summed E-state index contributed by atoms with van der Waals surface area (Å²) in [5.41, 5.74) is 7.84. The van der Waals surface area contributed by atoms with Crippen molar-refractivity contribution >= 4 is 22.9 Å². The van der Waals surface area contributed by atoms with E-state index in [-0.39, 0.29) is 5.92 Å². The Morgan fingerprint density at radius 2 is 2.07 bits per heavy atom. The maximum Gasteiger partial charge on any atom is 0.407 e. The molecular formula is C17H21F3N6O2. The van der Waals surface area contributed by atoms with Crippen molar-refractivity contribution in [3.05, 3.63) is 30.4 Å². The molecule has 4 N–H and O–H groups in total. The molecule has 8 nitrogen and oxygen atoms in total. The summed E-state index contributed by atoms with van der Waals surface area (Å²) < 4.78 is 34.1. The number of rotatable bonds is 2. The van der Waals surface area contributed by atoms with Crippen molar-refractivity contribution in [2.24, 2.45) is 11.7 Å². The first-order valence-electron chi connectivity index (χ1n) is 8.79. The fraction of sp³-hybridized carbons (Fsp3) is 0.471. The SMILES string of the molecule is CC[C@H]1CN(C(=O)O)C[C@H]1c1cnc2cnc3[nH]ccc3n12.NCC(F)(F)F. The molecule has 0 saturated carbocycles. The van der Waals surface area contributed by atoms with E-state index in [1.165, 1.54) is 4.90 Å². The Morgan fingerprint density at radius 1 is 1.36 bits per heavy atom. The van der Waals surface area contributed by atoms with Crippen LogP contribution in [0, 0.1) is 5.92 Å². The highest BCUT2D eigenvalue weighted by Crippen LogP contribution is 2.35. The number of hydrogen-bond donors (Lipinski definition) is 3. The number of H-pyrrole nitrogens is 1. The Bertz CT molecular complexity index is 967. The normalized spacial score (nSPS) is 19.8. The van der Waals surface area contributed by atoms with Crippen LogP contribution < -0.4 is 5.73 Å². The van der Waals surface area contributed by atoms with E-state index in [0.717, 1.165) is 28.9 Å². The van der Waals surface area contributed by atoms with E-state index >= 15 is 0 Å². The van der Waals surface area contributed by atoms with E-state index in [9.17, 15) is 23.1 Å². The van der Waals surface area contributed by atoms with Gasteiger partial charge in [0.05, 0.1) is 18.3 Å². The number of carboxylic acid groups (broad SMARTS) is 1. The average Bonchev–Trinajstić information content (AvgIpc) is 3.37. The lowest BCUT2D eigenvalue weighted by Gasteiger charge is -2.16. The van der Waals surface area contributed by atoms with Crippen molar-refractivity contribution in [2.45, 2.75) is 25.4 Å². The lowest BCUT2D eigenvalue weighted by Crippen LogP contribution is -2.26. The first-order chi connectivity index (χ1) is 13.2.